The maximum atomic E-state index is 12.1. The van der Waals surface area contributed by atoms with E-state index >= 15 is 0 Å². The zero-order valence-electron chi connectivity index (χ0n) is 13.6. The van der Waals surface area contributed by atoms with Crippen LogP contribution in [-0.2, 0) is 0 Å². The second-order valence-corrected chi connectivity index (χ2v) is 5.64. The number of carbonyl (C=O) groups excluding carboxylic acids is 1. The Kier molecular flexibility index (Phi) is 6.49. The van der Waals surface area contributed by atoms with Crippen LogP contribution in [0.1, 0.15) is 38.1 Å². The Balaban J connectivity index is 2.56. The summed E-state index contributed by atoms with van der Waals surface area (Å²) >= 11 is 0. The summed E-state index contributed by atoms with van der Waals surface area (Å²) in [7, 11) is 1.55. The minimum absolute atomic E-state index is 0.114. The van der Waals surface area contributed by atoms with E-state index in [2.05, 4.69) is 37.9 Å². The van der Waals surface area contributed by atoms with Crippen LogP contribution in [0.15, 0.2) is 18.2 Å². The molecule has 1 aromatic rings. The van der Waals surface area contributed by atoms with Crippen LogP contribution in [0, 0.1) is 0 Å². The molecule has 0 unspecified atom stereocenters. The van der Waals surface area contributed by atoms with Gasteiger partial charge < -0.3 is 15.8 Å². The van der Waals surface area contributed by atoms with Gasteiger partial charge in [0.15, 0.2) is 0 Å². The first-order valence-electron chi connectivity index (χ1n) is 7.34. The zero-order valence-corrected chi connectivity index (χ0v) is 13.6. The van der Waals surface area contributed by atoms with E-state index in [1.54, 1.807) is 25.3 Å². The molecule has 21 heavy (non-hydrogen) atoms. The van der Waals surface area contributed by atoms with E-state index in [0.717, 1.165) is 6.54 Å². The predicted molar refractivity (Wildman–Crippen MR) is 86.7 cm³/mol. The van der Waals surface area contributed by atoms with Crippen LogP contribution in [0.25, 0.3) is 0 Å². The Morgan fingerprint density at radius 3 is 2.38 bits per heavy atom. The normalized spacial score (nSPS) is 11.2. The number of carbonyl (C=O) groups is 1. The Bertz CT molecular complexity index is 465. The van der Waals surface area contributed by atoms with Gasteiger partial charge in [-0.05, 0) is 45.9 Å². The Morgan fingerprint density at radius 2 is 1.90 bits per heavy atom. The number of anilines is 1. The Hall–Kier alpha value is -1.75. The molecule has 0 heterocycles. The summed E-state index contributed by atoms with van der Waals surface area (Å²) in [6.45, 7) is 10.1. The van der Waals surface area contributed by atoms with Crippen LogP contribution >= 0.6 is 0 Å². The maximum absolute atomic E-state index is 12.1. The number of nitrogen functional groups attached to an aromatic ring is 1. The van der Waals surface area contributed by atoms with Gasteiger partial charge in [-0.1, -0.05) is 0 Å². The highest BCUT2D eigenvalue weighted by atomic mass is 16.5. The van der Waals surface area contributed by atoms with Crippen molar-refractivity contribution in [1.29, 1.82) is 0 Å². The first-order chi connectivity index (χ1) is 9.86. The van der Waals surface area contributed by atoms with Crippen molar-refractivity contribution in [3.05, 3.63) is 23.8 Å². The average Bonchev–Trinajstić information content (AvgIpc) is 2.42. The Morgan fingerprint density at radius 1 is 1.29 bits per heavy atom. The summed E-state index contributed by atoms with van der Waals surface area (Å²) in [5, 5.41) is 2.93. The van der Waals surface area contributed by atoms with E-state index in [1.165, 1.54) is 0 Å². The molecule has 118 valence electrons. The average molecular weight is 293 g/mol. The molecule has 0 radical (unpaired) electrons. The molecule has 0 bridgehead atoms. The third-order valence-electron chi connectivity index (χ3n) is 3.47. The highest BCUT2D eigenvalue weighted by Gasteiger charge is 2.14. The van der Waals surface area contributed by atoms with Gasteiger partial charge in [0, 0.05) is 30.7 Å². The highest BCUT2D eigenvalue weighted by molar-refractivity contribution is 5.95. The molecule has 0 saturated heterocycles. The van der Waals surface area contributed by atoms with Crippen molar-refractivity contribution in [3.63, 3.8) is 0 Å². The van der Waals surface area contributed by atoms with Gasteiger partial charge in [-0.3, -0.25) is 9.69 Å². The number of nitrogens with one attached hydrogen (secondary N) is 1. The summed E-state index contributed by atoms with van der Waals surface area (Å²) < 4.78 is 5.08. The topological polar surface area (TPSA) is 67.6 Å². The molecule has 1 aromatic carbocycles. The smallest absolute Gasteiger partial charge is 0.251 e. The molecule has 0 aromatic heterocycles. The molecule has 0 aliphatic carbocycles. The summed E-state index contributed by atoms with van der Waals surface area (Å²) in [6, 6.07) is 5.97. The van der Waals surface area contributed by atoms with E-state index in [-0.39, 0.29) is 5.91 Å². The maximum Gasteiger partial charge on any atom is 0.251 e. The molecule has 0 aliphatic rings. The molecule has 3 N–H and O–H groups in total. The van der Waals surface area contributed by atoms with Gasteiger partial charge in [-0.2, -0.15) is 0 Å². The number of hydrogen-bond acceptors (Lipinski definition) is 4. The molecular formula is C16H27N3O2. The molecule has 0 spiro atoms. The lowest BCUT2D eigenvalue weighted by atomic mass is 10.1. The van der Waals surface area contributed by atoms with Crippen LogP contribution < -0.4 is 15.8 Å². The van der Waals surface area contributed by atoms with Crippen molar-refractivity contribution in [1.82, 2.24) is 10.2 Å². The first kappa shape index (κ1) is 17.3. The van der Waals surface area contributed by atoms with Gasteiger partial charge in [0.05, 0.1) is 12.8 Å². The summed E-state index contributed by atoms with van der Waals surface area (Å²) in [5.74, 6) is 0.467. The van der Waals surface area contributed by atoms with Crippen molar-refractivity contribution in [2.75, 3.05) is 25.9 Å². The van der Waals surface area contributed by atoms with Gasteiger partial charge in [-0.15, -0.1) is 0 Å². The molecule has 0 fully saturated rings. The fourth-order valence-corrected chi connectivity index (χ4v) is 2.39. The van der Waals surface area contributed by atoms with Crippen molar-refractivity contribution in [2.24, 2.45) is 0 Å². The number of ether oxygens (including phenoxy) is 1. The monoisotopic (exact) mass is 293 g/mol. The molecule has 5 heteroatoms. The largest absolute Gasteiger partial charge is 0.495 e. The quantitative estimate of drug-likeness (QED) is 0.756. The third kappa shape index (κ3) is 4.93. The number of nitrogens with two attached hydrogens (primary N) is 1. The Labute approximate surface area is 127 Å². The number of rotatable bonds is 7. The molecule has 0 saturated carbocycles. The predicted octanol–water partition coefficient (Wildman–Crippen LogP) is 2.13. The third-order valence-corrected chi connectivity index (χ3v) is 3.47. The van der Waals surface area contributed by atoms with E-state index in [1.807, 2.05) is 0 Å². The van der Waals surface area contributed by atoms with Gasteiger partial charge >= 0.3 is 0 Å². The number of methoxy groups -OCH3 is 1. The lowest BCUT2D eigenvalue weighted by Gasteiger charge is -2.30. The van der Waals surface area contributed by atoms with Crippen molar-refractivity contribution in [3.8, 4) is 5.75 Å². The number of hydrogen-bond donors (Lipinski definition) is 2. The minimum Gasteiger partial charge on any atom is -0.495 e. The molecule has 0 aliphatic heterocycles. The van der Waals surface area contributed by atoms with Crippen LogP contribution in [-0.4, -0.2) is 43.1 Å². The fraction of sp³-hybridized carbons (Fsp3) is 0.562. The van der Waals surface area contributed by atoms with E-state index < -0.39 is 0 Å². The number of nitrogens with zero attached hydrogens (tertiary/aromatic N) is 1. The summed E-state index contributed by atoms with van der Waals surface area (Å²) in [5.41, 5.74) is 6.83. The molecule has 0 atom stereocenters. The highest BCUT2D eigenvalue weighted by Crippen LogP contribution is 2.21. The summed E-state index contributed by atoms with van der Waals surface area (Å²) in [4.78, 5) is 14.4. The number of benzene rings is 1. The molecule has 1 rings (SSSR count). The van der Waals surface area contributed by atoms with Gasteiger partial charge in [0.25, 0.3) is 5.91 Å². The van der Waals surface area contributed by atoms with E-state index in [4.69, 9.17) is 10.5 Å². The second-order valence-electron chi connectivity index (χ2n) is 5.64. The van der Waals surface area contributed by atoms with Gasteiger partial charge in [0.1, 0.15) is 5.75 Å². The lowest BCUT2D eigenvalue weighted by Crippen LogP contribution is -2.42. The zero-order chi connectivity index (χ0) is 16.0. The van der Waals surface area contributed by atoms with Crippen LogP contribution in [0.5, 0.6) is 5.75 Å². The number of amides is 1. The first-order valence-corrected chi connectivity index (χ1v) is 7.34. The van der Waals surface area contributed by atoms with Crippen molar-refractivity contribution >= 4 is 11.6 Å². The second kappa shape index (κ2) is 7.88. The SMILES string of the molecule is COc1ccc(C(=O)NCCN(C(C)C)C(C)C)cc1N. The van der Waals surface area contributed by atoms with E-state index in [9.17, 15) is 4.79 Å². The summed E-state index contributed by atoms with van der Waals surface area (Å²) in [6.07, 6.45) is 0. The van der Waals surface area contributed by atoms with Crippen LogP contribution in [0.3, 0.4) is 0 Å². The standard InChI is InChI=1S/C16H27N3O2/c1-11(2)19(12(3)4)9-8-18-16(20)13-6-7-15(21-5)14(17)10-13/h6-7,10-12H,8-9,17H2,1-5H3,(H,18,20). The molecule has 1 amide bonds. The molecule has 5 nitrogen and oxygen atoms in total. The van der Waals surface area contributed by atoms with Crippen LogP contribution in [0.2, 0.25) is 0 Å². The van der Waals surface area contributed by atoms with Crippen molar-refractivity contribution < 1.29 is 9.53 Å². The van der Waals surface area contributed by atoms with Gasteiger partial charge in [0.2, 0.25) is 0 Å². The minimum atomic E-state index is -0.114. The fourth-order valence-electron chi connectivity index (χ4n) is 2.39. The van der Waals surface area contributed by atoms with Crippen LogP contribution in [0.4, 0.5) is 5.69 Å². The molecular weight excluding hydrogens is 266 g/mol. The lowest BCUT2D eigenvalue weighted by molar-refractivity contribution is 0.0939. The van der Waals surface area contributed by atoms with E-state index in [0.29, 0.717) is 35.6 Å². The van der Waals surface area contributed by atoms with Crippen molar-refractivity contribution in [2.45, 2.75) is 39.8 Å². The van der Waals surface area contributed by atoms with Gasteiger partial charge in [-0.25, -0.2) is 0 Å².